The van der Waals surface area contributed by atoms with Gasteiger partial charge in [-0.2, -0.15) is 5.26 Å². The van der Waals surface area contributed by atoms with Gasteiger partial charge in [0.25, 0.3) is 0 Å². The first-order valence-corrected chi connectivity index (χ1v) is 11.5. The van der Waals surface area contributed by atoms with Gasteiger partial charge in [-0.3, -0.25) is 4.79 Å². The van der Waals surface area contributed by atoms with Gasteiger partial charge in [-0.1, -0.05) is 53.7 Å². The van der Waals surface area contributed by atoms with E-state index in [-0.39, 0.29) is 11.7 Å². The number of amides is 1. The molecule has 4 aromatic rings. The highest BCUT2D eigenvalue weighted by Gasteiger charge is 2.18. The lowest BCUT2D eigenvalue weighted by Crippen LogP contribution is -2.15. The number of carbonyl (C=O) groups is 1. The van der Waals surface area contributed by atoms with E-state index in [2.05, 4.69) is 11.4 Å². The molecule has 0 bridgehead atoms. The van der Waals surface area contributed by atoms with Gasteiger partial charge in [-0.05, 0) is 56.2 Å². The molecule has 0 radical (unpaired) electrons. The van der Waals surface area contributed by atoms with Crippen LogP contribution in [0.1, 0.15) is 22.3 Å². The van der Waals surface area contributed by atoms with Crippen LogP contribution in [0.2, 0.25) is 0 Å². The number of hydrogen-bond acceptors (Lipinski definition) is 5. The van der Waals surface area contributed by atoms with E-state index in [1.807, 2.05) is 75.4 Å². The van der Waals surface area contributed by atoms with E-state index in [0.717, 1.165) is 33.6 Å². The highest BCUT2D eigenvalue weighted by molar-refractivity contribution is 8.00. The predicted octanol–water partition coefficient (Wildman–Crippen LogP) is 6.54. The Kier molecular flexibility index (Phi) is 6.62. The molecule has 1 N–H and O–H groups in total. The fourth-order valence-electron chi connectivity index (χ4n) is 3.42. The van der Waals surface area contributed by atoms with Crippen LogP contribution in [0.4, 0.5) is 5.69 Å². The van der Waals surface area contributed by atoms with Crippen LogP contribution < -0.4 is 5.32 Å². The van der Waals surface area contributed by atoms with Crippen molar-refractivity contribution in [2.75, 3.05) is 11.1 Å². The van der Waals surface area contributed by atoms with Crippen molar-refractivity contribution in [3.63, 3.8) is 0 Å². The molecule has 4 rings (SSSR count). The molecule has 2 heterocycles. The van der Waals surface area contributed by atoms with Crippen molar-refractivity contribution in [3.05, 3.63) is 89.2 Å². The lowest BCUT2D eigenvalue weighted by molar-refractivity contribution is -0.113. The van der Waals surface area contributed by atoms with Crippen LogP contribution in [-0.2, 0) is 4.79 Å². The van der Waals surface area contributed by atoms with Crippen molar-refractivity contribution in [3.8, 4) is 28.7 Å². The van der Waals surface area contributed by atoms with Crippen molar-refractivity contribution in [2.24, 2.45) is 0 Å². The van der Waals surface area contributed by atoms with Crippen LogP contribution in [0.25, 0.3) is 22.6 Å². The average Bonchev–Trinajstić information content (AvgIpc) is 3.35. The number of nitriles is 1. The topological polar surface area (TPSA) is 78.9 Å². The summed E-state index contributed by atoms with van der Waals surface area (Å²) in [5, 5.41) is 13.4. The van der Waals surface area contributed by atoms with Gasteiger partial charge in [0.2, 0.25) is 5.91 Å². The van der Waals surface area contributed by atoms with Gasteiger partial charge in [0, 0.05) is 16.8 Å². The van der Waals surface area contributed by atoms with E-state index in [1.54, 1.807) is 12.3 Å². The molecule has 0 aliphatic rings. The molecular weight excluding hydrogens is 430 g/mol. The first-order valence-electron chi connectivity index (χ1n) is 10.5. The second kappa shape index (κ2) is 9.76. The molecule has 0 aliphatic carbocycles. The smallest absolute Gasteiger partial charge is 0.234 e. The largest absolute Gasteiger partial charge is 0.464 e. The van der Waals surface area contributed by atoms with E-state index < -0.39 is 0 Å². The van der Waals surface area contributed by atoms with E-state index >= 15 is 0 Å². The number of nitrogens with zero attached hydrogens (tertiary/aromatic N) is 2. The molecule has 0 atom stereocenters. The molecule has 2 aromatic carbocycles. The number of hydrogen-bond donors (Lipinski definition) is 1. The Hall–Kier alpha value is -3.82. The maximum Gasteiger partial charge on any atom is 0.234 e. The minimum atomic E-state index is -0.153. The van der Waals surface area contributed by atoms with Crippen LogP contribution in [-0.4, -0.2) is 16.6 Å². The zero-order chi connectivity index (χ0) is 23.4. The molecule has 0 spiro atoms. The SMILES string of the molecule is Cc1ccc(-c2cc(-c3ccco3)c(C#N)c(SCC(=O)Nc3cc(C)ccc3C)n2)cc1. The summed E-state index contributed by atoms with van der Waals surface area (Å²) in [4.78, 5) is 17.4. The van der Waals surface area contributed by atoms with E-state index in [4.69, 9.17) is 9.40 Å². The van der Waals surface area contributed by atoms with Crippen LogP contribution in [0.15, 0.2) is 76.4 Å². The molecule has 33 heavy (non-hydrogen) atoms. The number of pyridine rings is 1. The fourth-order valence-corrected chi connectivity index (χ4v) is 4.23. The highest BCUT2D eigenvalue weighted by Crippen LogP contribution is 2.34. The summed E-state index contributed by atoms with van der Waals surface area (Å²) < 4.78 is 5.59. The van der Waals surface area contributed by atoms with Crippen LogP contribution in [0, 0.1) is 32.1 Å². The normalized spacial score (nSPS) is 10.6. The number of furan rings is 1. The standard InChI is InChI=1S/C27H23N3O2S/c1-17-7-10-20(11-8-17)24-14-21(25-5-4-12-32-25)22(15-28)27(30-24)33-16-26(31)29-23-13-18(2)6-9-19(23)3/h4-14H,16H2,1-3H3,(H,29,31). The van der Waals surface area contributed by atoms with Gasteiger partial charge in [0.1, 0.15) is 16.9 Å². The van der Waals surface area contributed by atoms with Crippen molar-refractivity contribution in [2.45, 2.75) is 25.8 Å². The molecule has 0 fully saturated rings. The fraction of sp³-hybridized carbons (Fsp3) is 0.148. The van der Waals surface area contributed by atoms with E-state index in [9.17, 15) is 10.1 Å². The second-order valence-electron chi connectivity index (χ2n) is 7.85. The molecule has 0 saturated carbocycles. The zero-order valence-corrected chi connectivity index (χ0v) is 19.5. The maximum atomic E-state index is 12.7. The number of carbonyl (C=O) groups excluding carboxylic acids is 1. The summed E-state index contributed by atoms with van der Waals surface area (Å²) in [6.45, 7) is 5.97. The van der Waals surface area contributed by atoms with Gasteiger partial charge in [0.15, 0.2) is 0 Å². The number of anilines is 1. The van der Waals surface area contributed by atoms with Crippen molar-refractivity contribution < 1.29 is 9.21 Å². The molecule has 6 heteroatoms. The van der Waals surface area contributed by atoms with E-state index in [0.29, 0.717) is 21.9 Å². The van der Waals surface area contributed by atoms with Gasteiger partial charge in [-0.25, -0.2) is 4.98 Å². The summed E-state index contributed by atoms with van der Waals surface area (Å²) >= 11 is 1.25. The minimum absolute atomic E-state index is 0.129. The van der Waals surface area contributed by atoms with Gasteiger partial charge < -0.3 is 9.73 Å². The average molecular weight is 454 g/mol. The lowest BCUT2D eigenvalue weighted by atomic mass is 10.0. The third-order valence-corrected chi connectivity index (χ3v) is 6.21. The highest BCUT2D eigenvalue weighted by atomic mass is 32.2. The van der Waals surface area contributed by atoms with Gasteiger partial charge in [-0.15, -0.1) is 0 Å². The predicted molar refractivity (Wildman–Crippen MR) is 132 cm³/mol. The summed E-state index contributed by atoms with van der Waals surface area (Å²) in [6, 6.07) is 21.7. The lowest BCUT2D eigenvalue weighted by Gasteiger charge is -2.12. The molecule has 0 aliphatic heterocycles. The van der Waals surface area contributed by atoms with Crippen LogP contribution in [0.5, 0.6) is 0 Å². The third kappa shape index (κ3) is 5.16. The quantitative estimate of drug-likeness (QED) is 0.336. The molecule has 5 nitrogen and oxygen atoms in total. The Morgan fingerprint density at radius 1 is 1.06 bits per heavy atom. The van der Waals surface area contributed by atoms with Crippen molar-refractivity contribution in [1.29, 1.82) is 5.26 Å². The first kappa shape index (κ1) is 22.4. The Morgan fingerprint density at radius 2 is 1.82 bits per heavy atom. The molecule has 0 saturated heterocycles. The summed E-state index contributed by atoms with van der Waals surface area (Å²) in [5.41, 5.74) is 6.71. The second-order valence-corrected chi connectivity index (χ2v) is 8.81. The number of aromatic nitrogens is 1. The van der Waals surface area contributed by atoms with Gasteiger partial charge in [0.05, 0.1) is 23.3 Å². The monoisotopic (exact) mass is 453 g/mol. The first-order chi connectivity index (χ1) is 15.9. The molecule has 2 aromatic heterocycles. The molecule has 0 unspecified atom stereocenters. The Labute approximate surface area is 197 Å². The number of nitrogens with one attached hydrogen (secondary N) is 1. The molecular formula is C27H23N3O2S. The van der Waals surface area contributed by atoms with Crippen LogP contribution >= 0.6 is 11.8 Å². The Balaban J connectivity index is 1.66. The maximum absolute atomic E-state index is 12.7. The number of thioether (sulfide) groups is 1. The third-order valence-electron chi connectivity index (χ3n) is 5.24. The summed E-state index contributed by atoms with van der Waals surface area (Å²) in [7, 11) is 0. The molecule has 1 amide bonds. The number of aryl methyl sites for hydroxylation is 3. The Bertz CT molecular complexity index is 1340. The number of rotatable bonds is 6. The minimum Gasteiger partial charge on any atom is -0.464 e. The van der Waals surface area contributed by atoms with Crippen molar-refractivity contribution in [1.82, 2.24) is 4.98 Å². The van der Waals surface area contributed by atoms with Gasteiger partial charge >= 0.3 is 0 Å². The van der Waals surface area contributed by atoms with Crippen molar-refractivity contribution >= 4 is 23.4 Å². The van der Waals surface area contributed by atoms with E-state index in [1.165, 1.54) is 11.8 Å². The zero-order valence-electron chi connectivity index (χ0n) is 18.7. The number of benzene rings is 2. The molecule has 164 valence electrons. The summed E-state index contributed by atoms with van der Waals surface area (Å²) in [5.74, 6) is 0.563. The van der Waals surface area contributed by atoms with Crippen LogP contribution in [0.3, 0.4) is 0 Å². The Morgan fingerprint density at radius 3 is 2.52 bits per heavy atom. The summed E-state index contributed by atoms with van der Waals surface area (Å²) in [6.07, 6.45) is 1.58.